The summed E-state index contributed by atoms with van der Waals surface area (Å²) in [6, 6.07) is 17.1. The van der Waals surface area contributed by atoms with Crippen molar-refractivity contribution in [1.29, 1.82) is 0 Å². The molecule has 2 aromatic carbocycles. The Labute approximate surface area is 137 Å². The van der Waals surface area contributed by atoms with Crippen molar-refractivity contribution in [2.45, 2.75) is 0 Å². The number of nitrogens with one attached hydrogen (secondary N) is 2. The molecule has 0 aromatic heterocycles. The van der Waals surface area contributed by atoms with E-state index in [4.69, 9.17) is 12.2 Å². The highest BCUT2D eigenvalue weighted by atomic mass is 79.9. The molecule has 3 nitrogen and oxygen atoms in total. The zero-order valence-corrected chi connectivity index (χ0v) is 13.4. The summed E-state index contributed by atoms with van der Waals surface area (Å²) in [5, 5.41) is 5.81. The van der Waals surface area contributed by atoms with E-state index in [1.54, 1.807) is 6.08 Å². The highest BCUT2D eigenvalue weighted by Crippen LogP contribution is 2.20. The van der Waals surface area contributed by atoms with Crippen molar-refractivity contribution < 1.29 is 4.79 Å². The molecular weight excluding hydrogens is 348 g/mol. The summed E-state index contributed by atoms with van der Waals surface area (Å²) in [6.07, 6.45) is 3.18. The number of thiocarbonyl (C=S) groups is 1. The molecule has 2 N–H and O–H groups in total. The molecule has 1 amide bonds. The van der Waals surface area contributed by atoms with Gasteiger partial charge in [-0.05, 0) is 51.9 Å². The van der Waals surface area contributed by atoms with Crippen molar-refractivity contribution in [3.05, 3.63) is 70.7 Å². The highest BCUT2D eigenvalue weighted by Gasteiger charge is 2.03. The first-order valence-corrected chi connectivity index (χ1v) is 7.45. The SMILES string of the molecule is O=C(C=Cc1ccccc1)NC(=S)Nc1ccccc1Br. The van der Waals surface area contributed by atoms with E-state index in [0.717, 1.165) is 15.7 Å². The lowest BCUT2D eigenvalue weighted by atomic mass is 10.2. The van der Waals surface area contributed by atoms with Gasteiger partial charge in [-0.15, -0.1) is 0 Å². The number of carbonyl (C=O) groups is 1. The maximum atomic E-state index is 11.8. The number of amides is 1. The number of hydrogen-bond acceptors (Lipinski definition) is 2. The van der Waals surface area contributed by atoms with Crippen LogP contribution in [0.1, 0.15) is 5.56 Å². The van der Waals surface area contributed by atoms with E-state index in [9.17, 15) is 4.79 Å². The molecular formula is C16H13BrN2OS. The van der Waals surface area contributed by atoms with Crippen molar-refractivity contribution in [2.24, 2.45) is 0 Å². The Bertz CT molecular complexity index is 671. The Balaban J connectivity index is 1.90. The first-order chi connectivity index (χ1) is 10.1. The maximum absolute atomic E-state index is 11.8. The van der Waals surface area contributed by atoms with Crippen LogP contribution in [0.5, 0.6) is 0 Å². The predicted octanol–water partition coefficient (Wildman–Crippen LogP) is 3.98. The monoisotopic (exact) mass is 360 g/mol. The van der Waals surface area contributed by atoms with Gasteiger partial charge in [-0.1, -0.05) is 42.5 Å². The average molecular weight is 361 g/mol. The van der Waals surface area contributed by atoms with E-state index in [0.29, 0.717) is 0 Å². The summed E-state index contributed by atoms with van der Waals surface area (Å²) < 4.78 is 0.876. The largest absolute Gasteiger partial charge is 0.331 e. The van der Waals surface area contributed by atoms with Gasteiger partial charge < -0.3 is 5.32 Å². The lowest BCUT2D eigenvalue weighted by molar-refractivity contribution is -0.115. The Morgan fingerprint density at radius 2 is 1.71 bits per heavy atom. The molecule has 0 bridgehead atoms. The molecule has 5 heteroatoms. The van der Waals surface area contributed by atoms with Crippen LogP contribution in [0.3, 0.4) is 0 Å². The van der Waals surface area contributed by atoms with Gasteiger partial charge in [-0.2, -0.15) is 0 Å². The molecule has 0 radical (unpaired) electrons. The van der Waals surface area contributed by atoms with Gasteiger partial charge in [0, 0.05) is 10.5 Å². The number of anilines is 1. The van der Waals surface area contributed by atoms with Crippen LogP contribution in [0, 0.1) is 0 Å². The Hall–Kier alpha value is -1.98. The quantitative estimate of drug-likeness (QED) is 0.642. The lowest BCUT2D eigenvalue weighted by Gasteiger charge is -2.09. The standard InChI is InChI=1S/C16H13BrN2OS/c17-13-8-4-5-9-14(13)18-16(21)19-15(20)11-10-12-6-2-1-3-7-12/h1-11H,(H2,18,19,20,21). The Morgan fingerprint density at radius 1 is 1.05 bits per heavy atom. The third-order valence-electron chi connectivity index (χ3n) is 2.59. The van der Waals surface area contributed by atoms with Crippen LogP contribution in [0.25, 0.3) is 6.08 Å². The minimum atomic E-state index is -0.275. The van der Waals surface area contributed by atoms with Gasteiger partial charge in [0.25, 0.3) is 0 Å². The third kappa shape index (κ3) is 5.13. The molecule has 0 aliphatic heterocycles. The van der Waals surface area contributed by atoms with Crippen molar-refractivity contribution in [3.63, 3.8) is 0 Å². The Morgan fingerprint density at radius 3 is 2.43 bits per heavy atom. The van der Waals surface area contributed by atoms with Crippen LogP contribution >= 0.6 is 28.1 Å². The van der Waals surface area contributed by atoms with Crippen LogP contribution in [0.4, 0.5) is 5.69 Å². The molecule has 0 spiro atoms. The van der Waals surface area contributed by atoms with Crippen molar-refractivity contribution in [3.8, 4) is 0 Å². The Kier molecular flexibility index (Phi) is 5.66. The second-order valence-electron chi connectivity index (χ2n) is 4.17. The van der Waals surface area contributed by atoms with Gasteiger partial charge in [-0.3, -0.25) is 10.1 Å². The molecule has 0 unspecified atom stereocenters. The van der Waals surface area contributed by atoms with Gasteiger partial charge in [0.15, 0.2) is 5.11 Å². The van der Waals surface area contributed by atoms with Gasteiger partial charge in [0.05, 0.1) is 5.69 Å². The number of rotatable bonds is 3. The molecule has 0 aliphatic carbocycles. The minimum Gasteiger partial charge on any atom is -0.331 e. The molecule has 106 valence electrons. The minimum absolute atomic E-state index is 0.254. The van der Waals surface area contributed by atoms with E-state index in [-0.39, 0.29) is 11.0 Å². The topological polar surface area (TPSA) is 41.1 Å². The normalized spacial score (nSPS) is 10.3. The van der Waals surface area contributed by atoms with Crippen molar-refractivity contribution in [2.75, 3.05) is 5.32 Å². The van der Waals surface area contributed by atoms with Crippen LogP contribution in [-0.4, -0.2) is 11.0 Å². The summed E-state index contributed by atoms with van der Waals surface area (Å²) in [6.45, 7) is 0. The molecule has 2 aromatic rings. The van der Waals surface area contributed by atoms with E-state index in [1.807, 2.05) is 54.6 Å². The number of benzene rings is 2. The number of carbonyl (C=O) groups excluding carboxylic acids is 1. The summed E-state index contributed by atoms with van der Waals surface area (Å²) in [5.41, 5.74) is 1.76. The number of para-hydroxylation sites is 1. The van der Waals surface area contributed by atoms with E-state index in [2.05, 4.69) is 26.6 Å². The zero-order chi connectivity index (χ0) is 15.1. The van der Waals surface area contributed by atoms with Crippen LogP contribution in [-0.2, 0) is 4.79 Å². The summed E-state index contributed by atoms with van der Waals surface area (Å²) in [7, 11) is 0. The fourth-order valence-corrected chi connectivity index (χ4v) is 2.20. The van der Waals surface area contributed by atoms with Gasteiger partial charge in [-0.25, -0.2) is 0 Å². The second kappa shape index (κ2) is 7.71. The molecule has 0 saturated carbocycles. The first kappa shape index (κ1) is 15.4. The van der Waals surface area contributed by atoms with Crippen molar-refractivity contribution in [1.82, 2.24) is 5.32 Å². The van der Waals surface area contributed by atoms with Gasteiger partial charge >= 0.3 is 0 Å². The summed E-state index contributed by atoms with van der Waals surface area (Å²) in [4.78, 5) is 11.8. The van der Waals surface area contributed by atoms with Gasteiger partial charge in [0.1, 0.15) is 0 Å². The number of hydrogen-bond donors (Lipinski definition) is 2. The summed E-state index contributed by atoms with van der Waals surface area (Å²) >= 11 is 8.51. The lowest BCUT2D eigenvalue weighted by Crippen LogP contribution is -2.32. The molecule has 0 fully saturated rings. The molecule has 0 heterocycles. The zero-order valence-electron chi connectivity index (χ0n) is 11.0. The smallest absolute Gasteiger partial charge is 0.250 e. The van der Waals surface area contributed by atoms with Gasteiger partial charge in [0.2, 0.25) is 5.91 Å². The maximum Gasteiger partial charge on any atom is 0.250 e. The fourth-order valence-electron chi connectivity index (χ4n) is 1.61. The highest BCUT2D eigenvalue weighted by molar-refractivity contribution is 9.10. The predicted molar refractivity (Wildman–Crippen MR) is 94.0 cm³/mol. The molecule has 0 aliphatic rings. The van der Waals surface area contributed by atoms with Crippen LogP contribution in [0.15, 0.2) is 65.1 Å². The van der Waals surface area contributed by atoms with E-state index >= 15 is 0 Å². The molecule has 0 saturated heterocycles. The third-order valence-corrected chi connectivity index (χ3v) is 3.48. The van der Waals surface area contributed by atoms with Crippen molar-refractivity contribution >= 4 is 50.9 Å². The van der Waals surface area contributed by atoms with E-state index in [1.165, 1.54) is 6.08 Å². The second-order valence-corrected chi connectivity index (χ2v) is 5.43. The summed E-state index contributed by atoms with van der Waals surface area (Å²) in [5.74, 6) is -0.275. The average Bonchev–Trinajstić information content (AvgIpc) is 2.48. The molecule has 2 rings (SSSR count). The molecule has 21 heavy (non-hydrogen) atoms. The fraction of sp³-hybridized carbons (Fsp3) is 0. The van der Waals surface area contributed by atoms with Crippen LogP contribution in [0.2, 0.25) is 0 Å². The number of halogens is 1. The molecule has 0 atom stereocenters. The van der Waals surface area contributed by atoms with Crippen LogP contribution < -0.4 is 10.6 Å². The van der Waals surface area contributed by atoms with E-state index < -0.39 is 0 Å². The first-order valence-electron chi connectivity index (χ1n) is 6.25.